The molecule has 0 atom stereocenters. The molecule has 25 heavy (non-hydrogen) atoms. The molecule has 1 aromatic heterocycles. The Labute approximate surface area is 143 Å². The van der Waals surface area contributed by atoms with Gasteiger partial charge in [0.15, 0.2) is 23.3 Å². The first kappa shape index (κ1) is 16.9. The Balaban J connectivity index is 1.82. The van der Waals surface area contributed by atoms with Crippen molar-refractivity contribution in [1.82, 2.24) is 15.2 Å². The minimum Gasteiger partial charge on any atom is -0.339 e. The molecule has 0 aliphatic heterocycles. The Bertz CT molecular complexity index is 938. The number of nitrogens with one attached hydrogen (secondary N) is 2. The third-order valence-corrected chi connectivity index (χ3v) is 3.32. The zero-order valence-corrected chi connectivity index (χ0v) is 13.0. The van der Waals surface area contributed by atoms with Gasteiger partial charge >= 0.3 is 0 Å². The number of halogens is 5. The molecule has 0 saturated heterocycles. The van der Waals surface area contributed by atoms with Gasteiger partial charge in [-0.2, -0.15) is 10.1 Å². The topological polar surface area (TPSA) is 62.7 Å². The normalized spacial score (nSPS) is 10.6. The molecule has 0 radical (unpaired) electrons. The van der Waals surface area contributed by atoms with E-state index in [9.17, 15) is 17.6 Å². The second-order valence-corrected chi connectivity index (χ2v) is 5.17. The fourth-order valence-corrected chi connectivity index (χ4v) is 2.06. The van der Waals surface area contributed by atoms with E-state index >= 15 is 0 Å². The summed E-state index contributed by atoms with van der Waals surface area (Å²) in [5, 5.41) is 12.4. The maximum atomic E-state index is 13.7. The fraction of sp³-hybridized carbons (Fsp3) is 0. The van der Waals surface area contributed by atoms with Crippen molar-refractivity contribution < 1.29 is 17.6 Å². The second-order valence-electron chi connectivity index (χ2n) is 4.77. The van der Waals surface area contributed by atoms with Crippen molar-refractivity contribution >= 4 is 34.7 Å². The smallest absolute Gasteiger partial charge is 0.249 e. The summed E-state index contributed by atoms with van der Waals surface area (Å²) in [7, 11) is 0. The summed E-state index contributed by atoms with van der Waals surface area (Å²) in [6.07, 6.45) is 1.25. The summed E-state index contributed by atoms with van der Waals surface area (Å²) in [6, 6.07) is 5.68. The van der Waals surface area contributed by atoms with Crippen LogP contribution in [0.3, 0.4) is 0 Å². The van der Waals surface area contributed by atoms with Crippen molar-refractivity contribution in [3.63, 3.8) is 0 Å². The van der Waals surface area contributed by atoms with Crippen LogP contribution in [0.2, 0.25) is 5.02 Å². The van der Waals surface area contributed by atoms with E-state index in [1.807, 2.05) is 0 Å². The molecule has 3 aromatic rings. The number of benzene rings is 2. The van der Waals surface area contributed by atoms with Crippen LogP contribution in [0.1, 0.15) is 0 Å². The van der Waals surface area contributed by atoms with Crippen LogP contribution >= 0.6 is 11.6 Å². The average Bonchev–Trinajstić information content (AvgIpc) is 2.59. The van der Waals surface area contributed by atoms with Crippen LogP contribution in [-0.2, 0) is 0 Å². The molecule has 5 nitrogen and oxygen atoms in total. The first-order valence-corrected chi connectivity index (χ1v) is 7.14. The highest BCUT2D eigenvalue weighted by Gasteiger charge is 2.14. The summed E-state index contributed by atoms with van der Waals surface area (Å²) in [5.41, 5.74) is 0.0690. The van der Waals surface area contributed by atoms with Gasteiger partial charge in [-0.3, -0.25) is 0 Å². The lowest BCUT2D eigenvalue weighted by atomic mass is 10.3. The Morgan fingerprint density at radius 3 is 2.40 bits per heavy atom. The van der Waals surface area contributed by atoms with Gasteiger partial charge in [0, 0.05) is 5.69 Å². The maximum Gasteiger partial charge on any atom is 0.249 e. The van der Waals surface area contributed by atoms with Gasteiger partial charge in [-0.25, -0.2) is 17.6 Å². The summed E-state index contributed by atoms with van der Waals surface area (Å²) in [4.78, 5) is 3.99. The number of anilines is 4. The van der Waals surface area contributed by atoms with E-state index in [1.165, 1.54) is 18.3 Å². The van der Waals surface area contributed by atoms with Crippen LogP contribution in [0, 0.1) is 23.3 Å². The maximum absolute atomic E-state index is 13.7. The largest absolute Gasteiger partial charge is 0.339 e. The van der Waals surface area contributed by atoms with Crippen molar-refractivity contribution in [3.05, 3.63) is 64.8 Å². The van der Waals surface area contributed by atoms with Gasteiger partial charge in [0.1, 0.15) is 5.82 Å². The van der Waals surface area contributed by atoms with Gasteiger partial charge in [-0.05, 0) is 30.3 Å². The molecule has 0 saturated carbocycles. The first-order chi connectivity index (χ1) is 11.9. The molecular weight excluding hydrogens is 362 g/mol. The molecule has 0 unspecified atom stereocenters. The molecule has 1 heterocycles. The minimum absolute atomic E-state index is 0.0887. The van der Waals surface area contributed by atoms with Gasteiger partial charge in [-0.1, -0.05) is 11.6 Å². The number of aromatic nitrogens is 3. The number of hydrogen-bond acceptors (Lipinski definition) is 5. The van der Waals surface area contributed by atoms with E-state index in [-0.39, 0.29) is 22.5 Å². The molecule has 3 rings (SSSR count). The van der Waals surface area contributed by atoms with Gasteiger partial charge in [0.2, 0.25) is 5.95 Å². The molecule has 10 heteroatoms. The van der Waals surface area contributed by atoms with Crippen molar-refractivity contribution in [1.29, 1.82) is 0 Å². The monoisotopic (exact) mass is 369 g/mol. The Kier molecular flexibility index (Phi) is 4.66. The summed E-state index contributed by atoms with van der Waals surface area (Å²) in [5.74, 6) is -4.90. The summed E-state index contributed by atoms with van der Waals surface area (Å²) in [6.45, 7) is 0. The third kappa shape index (κ3) is 3.77. The number of hydrogen-bond donors (Lipinski definition) is 2. The lowest BCUT2D eigenvalue weighted by Gasteiger charge is -2.09. The molecule has 0 aliphatic carbocycles. The molecular formula is C15H8ClF4N5. The van der Waals surface area contributed by atoms with Crippen molar-refractivity contribution in [2.45, 2.75) is 0 Å². The van der Waals surface area contributed by atoms with Crippen molar-refractivity contribution in [3.8, 4) is 0 Å². The van der Waals surface area contributed by atoms with Crippen LogP contribution in [-0.4, -0.2) is 15.2 Å². The van der Waals surface area contributed by atoms with Crippen LogP contribution in [0.25, 0.3) is 0 Å². The molecule has 2 N–H and O–H groups in total. The van der Waals surface area contributed by atoms with E-state index in [4.69, 9.17) is 11.6 Å². The highest BCUT2D eigenvalue weighted by atomic mass is 35.5. The van der Waals surface area contributed by atoms with E-state index in [1.54, 1.807) is 0 Å². The molecule has 0 fully saturated rings. The van der Waals surface area contributed by atoms with Gasteiger partial charge < -0.3 is 10.6 Å². The molecule has 0 aliphatic rings. The highest BCUT2D eigenvalue weighted by Crippen LogP contribution is 2.24. The molecule has 0 spiro atoms. The van der Waals surface area contributed by atoms with Gasteiger partial charge in [-0.15, -0.1) is 5.10 Å². The van der Waals surface area contributed by atoms with Gasteiger partial charge in [0.25, 0.3) is 0 Å². The average molecular weight is 370 g/mol. The number of nitrogens with zero attached hydrogens (tertiary/aromatic N) is 3. The minimum atomic E-state index is -1.62. The zero-order chi connectivity index (χ0) is 18.0. The quantitative estimate of drug-likeness (QED) is 0.521. The zero-order valence-electron chi connectivity index (χ0n) is 12.2. The number of rotatable bonds is 4. The van der Waals surface area contributed by atoms with Crippen molar-refractivity contribution in [2.75, 3.05) is 10.6 Å². The lowest BCUT2D eigenvalue weighted by molar-refractivity contribution is 0.449. The van der Waals surface area contributed by atoms with Crippen LogP contribution in [0.5, 0.6) is 0 Å². The second kappa shape index (κ2) is 6.89. The fourth-order valence-electron chi connectivity index (χ4n) is 1.88. The standard InChI is InChI=1S/C15H8ClF4N5/c16-8-5-7(1-2-9(8)17)22-12-6-21-25-15(24-12)23-11-4-3-10(18)13(19)14(11)20/h1-6H,(H2,22,23,24,25). The molecule has 0 bridgehead atoms. The Hall–Kier alpha value is -2.94. The van der Waals surface area contributed by atoms with E-state index in [0.717, 1.165) is 18.2 Å². The van der Waals surface area contributed by atoms with Crippen LogP contribution in [0.4, 0.5) is 40.7 Å². The van der Waals surface area contributed by atoms with E-state index < -0.39 is 23.3 Å². The van der Waals surface area contributed by atoms with E-state index in [2.05, 4.69) is 25.8 Å². The predicted octanol–water partition coefficient (Wildman–Crippen LogP) is 4.57. The van der Waals surface area contributed by atoms with Gasteiger partial charge in [0.05, 0.1) is 16.9 Å². The van der Waals surface area contributed by atoms with E-state index in [0.29, 0.717) is 5.69 Å². The van der Waals surface area contributed by atoms with Crippen LogP contribution < -0.4 is 10.6 Å². The molecule has 2 aromatic carbocycles. The molecule has 0 amide bonds. The predicted molar refractivity (Wildman–Crippen MR) is 84.1 cm³/mol. The first-order valence-electron chi connectivity index (χ1n) is 6.76. The third-order valence-electron chi connectivity index (χ3n) is 3.03. The Morgan fingerprint density at radius 2 is 1.64 bits per heavy atom. The lowest BCUT2D eigenvalue weighted by Crippen LogP contribution is -2.05. The van der Waals surface area contributed by atoms with Crippen LogP contribution in [0.15, 0.2) is 36.5 Å². The summed E-state index contributed by atoms with van der Waals surface area (Å²) < 4.78 is 53.0. The SMILES string of the molecule is Fc1ccc(Nc2cnnc(Nc3ccc(F)c(F)c3F)n2)cc1Cl. The molecule has 128 valence electrons. The summed E-state index contributed by atoms with van der Waals surface area (Å²) >= 11 is 5.68. The van der Waals surface area contributed by atoms with Crippen molar-refractivity contribution in [2.24, 2.45) is 0 Å². The highest BCUT2D eigenvalue weighted by molar-refractivity contribution is 6.31. The Morgan fingerprint density at radius 1 is 0.880 bits per heavy atom.